The Morgan fingerprint density at radius 2 is 2.27 bits per heavy atom. The minimum atomic E-state index is 0.0457. The van der Waals surface area contributed by atoms with Gasteiger partial charge in [-0.1, -0.05) is 19.1 Å². The largest absolute Gasteiger partial charge is 0.359 e. The van der Waals surface area contributed by atoms with Gasteiger partial charge in [0.25, 0.3) is 0 Å². The fraction of sp³-hybridized carbons (Fsp3) is 0.750. The third kappa shape index (κ3) is 2.67. The molecule has 1 rings (SSSR count). The number of ether oxygens (including phenoxy) is 2. The smallest absolute Gasteiger partial charge is 0.146 e. The number of aldehydes is 1. The topological polar surface area (TPSA) is 35.5 Å². The van der Waals surface area contributed by atoms with Crippen LogP contribution in [0.15, 0.2) is 12.2 Å². The summed E-state index contributed by atoms with van der Waals surface area (Å²) in [4.78, 5) is 11.0. The van der Waals surface area contributed by atoms with Gasteiger partial charge in [-0.2, -0.15) is 0 Å². The fourth-order valence-corrected chi connectivity index (χ4v) is 2.36. The minimum Gasteiger partial charge on any atom is -0.359 e. The molecule has 0 saturated heterocycles. The van der Waals surface area contributed by atoms with Gasteiger partial charge in [0.2, 0.25) is 0 Å². The van der Waals surface area contributed by atoms with Crippen molar-refractivity contribution >= 4 is 6.29 Å². The van der Waals surface area contributed by atoms with Crippen LogP contribution >= 0.6 is 0 Å². The number of hydrogen-bond acceptors (Lipinski definition) is 3. The molecule has 0 aromatic heterocycles. The Hall–Kier alpha value is -0.670. The monoisotopic (exact) mass is 212 g/mol. The van der Waals surface area contributed by atoms with Crippen molar-refractivity contribution in [2.75, 3.05) is 13.9 Å². The fourth-order valence-electron chi connectivity index (χ4n) is 2.36. The maximum absolute atomic E-state index is 11.0. The summed E-state index contributed by atoms with van der Waals surface area (Å²) in [6, 6.07) is 0. The van der Waals surface area contributed by atoms with E-state index in [0.29, 0.717) is 6.79 Å². The SMILES string of the molecule is C=C(C)[C@H]1C[C@H](OCOC)[C@H](C)[C@H]1C=O. The average Bonchev–Trinajstić information content (AvgIpc) is 2.52. The van der Waals surface area contributed by atoms with Gasteiger partial charge in [0, 0.05) is 13.0 Å². The second-order valence-electron chi connectivity index (χ2n) is 4.37. The molecule has 4 atom stereocenters. The van der Waals surface area contributed by atoms with Gasteiger partial charge in [-0.15, -0.1) is 0 Å². The summed E-state index contributed by atoms with van der Waals surface area (Å²) in [6.45, 7) is 8.27. The lowest BCUT2D eigenvalue weighted by atomic mass is 9.88. The van der Waals surface area contributed by atoms with Crippen LogP contribution < -0.4 is 0 Å². The van der Waals surface area contributed by atoms with Crippen molar-refractivity contribution in [3.63, 3.8) is 0 Å². The third-order valence-electron chi connectivity index (χ3n) is 3.33. The number of carbonyl (C=O) groups excluding carboxylic acids is 1. The number of rotatable bonds is 5. The summed E-state index contributed by atoms with van der Waals surface area (Å²) in [5.74, 6) is 0.558. The molecule has 0 heterocycles. The maximum Gasteiger partial charge on any atom is 0.146 e. The Morgan fingerprint density at radius 3 is 2.67 bits per heavy atom. The van der Waals surface area contributed by atoms with Crippen molar-refractivity contribution < 1.29 is 14.3 Å². The van der Waals surface area contributed by atoms with Crippen LogP contribution in [-0.2, 0) is 14.3 Å². The minimum absolute atomic E-state index is 0.0457. The molecule has 0 aromatic rings. The molecule has 1 saturated carbocycles. The highest BCUT2D eigenvalue weighted by molar-refractivity contribution is 5.56. The van der Waals surface area contributed by atoms with E-state index in [1.54, 1.807) is 7.11 Å². The second-order valence-corrected chi connectivity index (χ2v) is 4.37. The van der Waals surface area contributed by atoms with Gasteiger partial charge in [0.15, 0.2) is 0 Å². The predicted octanol–water partition coefficient (Wildman–Crippen LogP) is 2.02. The quantitative estimate of drug-likeness (QED) is 0.397. The van der Waals surface area contributed by atoms with Crippen LogP contribution in [0.1, 0.15) is 20.3 Å². The molecule has 0 bridgehead atoms. The summed E-state index contributed by atoms with van der Waals surface area (Å²) < 4.78 is 10.4. The summed E-state index contributed by atoms with van der Waals surface area (Å²) in [7, 11) is 1.60. The summed E-state index contributed by atoms with van der Waals surface area (Å²) >= 11 is 0. The molecular formula is C12H20O3. The van der Waals surface area contributed by atoms with E-state index in [1.807, 2.05) is 6.92 Å². The molecule has 0 spiro atoms. The van der Waals surface area contributed by atoms with Gasteiger partial charge in [0.1, 0.15) is 13.1 Å². The van der Waals surface area contributed by atoms with Gasteiger partial charge in [-0.05, 0) is 25.2 Å². The first-order valence-electron chi connectivity index (χ1n) is 5.33. The first-order valence-corrected chi connectivity index (χ1v) is 5.33. The van der Waals surface area contributed by atoms with Gasteiger partial charge in [-0.3, -0.25) is 0 Å². The van der Waals surface area contributed by atoms with Crippen LogP contribution in [0.2, 0.25) is 0 Å². The molecule has 0 amide bonds. The molecule has 0 aromatic carbocycles. The Bertz CT molecular complexity index is 237. The zero-order valence-corrected chi connectivity index (χ0v) is 9.73. The normalized spacial score (nSPS) is 35.4. The van der Waals surface area contributed by atoms with Crippen LogP contribution in [0, 0.1) is 17.8 Å². The first-order chi connectivity index (χ1) is 7.11. The van der Waals surface area contributed by atoms with E-state index < -0.39 is 0 Å². The number of allylic oxidation sites excluding steroid dienone is 1. The summed E-state index contributed by atoms with van der Waals surface area (Å²) in [5, 5.41) is 0. The standard InChI is InChI=1S/C12H20O3/c1-8(2)10-5-12(15-7-14-4)9(3)11(10)6-13/h6,9-12H,1,5,7H2,2-4H3/t9-,10-,11-,12+/m1/s1. The zero-order valence-electron chi connectivity index (χ0n) is 9.73. The molecule has 3 heteroatoms. The van der Waals surface area contributed by atoms with E-state index in [1.165, 1.54) is 0 Å². The maximum atomic E-state index is 11.0. The molecule has 0 unspecified atom stereocenters. The van der Waals surface area contributed by atoms with Gasteiger partial charge in [-0.25, -0.2) is 0 Å². The molecule has 1 aliphatic rings. The molecule has 86 valence electrons. The highest BCUT2D eigenvalue weighted by Crippen LogP contribution is 2.40. The molecule has 3 nitrogen and oxygen atoms in total. The van der Waals surface area contributed by atoms with Gasteiger partial charge >= 0.3 is 0 Å². The lowest BCUT2D eigenvalue weighted by Crippen LogP contribution is -2.21. The van der Waals surface area contributed by atoms with Crippen molar-refractivity contribution in [3.05, 3.63) is 12.2 Å². The van der Waals surface area contributed by atoms with Crippen LogP contribution in [0.5, 0.6) is 0 Å². The van der Waals surface area contributed by atoms with E-state index >= 15 is 0 Å². The van der Waals surface area contributed by atoms with Gasteiger partial charge in [0.05, 0.1) is 6.10 Å². The van der Waals surface area contributed by atoms with E-state index in [-0.39, 0.29) is 23.9 Å². The van der Waals surface area contributed by atoms with E-state index in [0.717, 1.165) is 18.3 Å². The Morgan fingerprint density at radius 1 is 1.60 bits per heavy atom. The number of methoxy groups -OCH3 is 1. The third-order valence-corrected chi connectivity index (χ3v) is 3.33. The van der Waals surface area contributed by atoms with Crippen LogP contribution in [-0.4, -0.2) is 26.3 Å². The van der Waals surface area contributed by atoms with Gasteiger partial charge < -0.3 is 14.3 Å². The molecular weight excluding hydrogens is 192 g/mol. The zero-order chi connectivity index (χ0) is 11.4. The first kappa shape index (κ1) is 12.4. The molecule has 0 aliphatic heterocycles. The molecule has 1 aliphatic carbocycles. The molecule has 0 radical (unpaired) electrons. The van der Waals surface area contributed by atoms with Crippen molar-refractivity contribution in [1.82, 2.24) is 0 Å². The van der Waals surface area contributed by atoms with Crippen molar-refractivity contribution in [1.29, 1.82) is 0 Å². The van der Waals surface area contributed by atoms with Crippen molar-refractivity contribution in [2.45, 2.75) is 26.4 Å². The number of hydrogen-bond donors (Lipinski definition) is 0. The Labute approximate surface area is 91.4 Å². The van der Waals surface area contributed by atoms with E-state index in [4.69, 9.17) is 9.47 Å². The Balaban J connectivity index is 2.64. The van der Waals surface area contributed by atoms with Crippen molar-refractivity contribution in [3.8, 4) is 0 Å². The highest BCUT2D eigenvalue weighted by Gasteiger charge is 2.41. The molecule has 15 heavy (non-hydrogen) atoms. The van der Waals surface area contributed by atoms with E-state index in [9.17, 15) is 4.79 Å². The van der Waals surface area contributed by atoms with Crippen molar-refractivity contribution in [2.24, 2.45) is 17.8 Å². The van der Waals surface area contributed by atoms with Crippen LogP contribution in [0.4, 0.5) is 0 Å². The highest BCUT2D eigenvalue weighted by atomic mass is 16.7. The van der Waals surface area contributed by atoms with Crippen LogP contribution in [0.25, 0.3) is 0 Å². The molecule has 0 N–H and O–H groups in total. The second kappa shape index (κ2) is 5.42. The lowest BCUT2D eigenvalue weighted by molar-refractivity contribution is -0.115. The Kier molecular flexibility index (Phi) is 4.48. The summed E-state index contributed by atoms with van der Waals surface area (Å²) in [6.07, 6.45) is 2.03. The molecule has 1 fully saturated rings. The average molecular weight is 212 g/mol. The van der Waals surface area contributed by atoms with E-state index in [2.05, 4.69) is 13.5 Å². The predicted molar refractivity (Wildman–Crippen MR) is 58.4 cm³/mol. The summed E-state index contributed by atoms with van der Waals surface area (Å²) in [5.41, 5.74) is 1.07. The lowest BCUT2D eigenvalue weighted by Gasteiger charge is -2.18. The number of carbonyl (C=O) groups is 1. The van der Waals surface area contributed by atoms with Crippen LogP contribution in [0.3, 0.4) is 0 Å².